The van der Waals surface area contributed by atoms with Crippen molar-refractivity contribution >= 4 is 23.2 Å². The maximum absolute atomic E-state index is 13.1. The average Bonchev–Trinajstić information content (AvgIpc) is 2.42. The van der Waals surface area contributed by atoms with Gasteiger partial charge < -0.3 is 0 Å². The fraction of sp³-hybridized carbons (Fsp3) is 0.200. The zero-order valence-electron chi connectivity index (χ0n) is 11.0. The van der Waals surface area contributed by atoms with Crippen LogP contribution in [0.4, 0.5) is 4.39 Å². The average molecular weight is 313 g/mol. The third-order valence-electron chi connectivity index (χ3n) is 3.33. The molecule has 0 saturated carbocycles. The molecule has 1 atom stereocenters. The highest BCUT2D eigenvalue weighted by Crippen LogP contribution is 2.28. The summed E-state index contributed by atoms with van der Waals surface area (Å²) >= 11 is 12.2. The second-order valence-corrected chi connectivity index (χ2v) is 5.43. The molecule has 0 spiro atoms. The molecule has 106 valence electrons. The van der Waals surface area contributed by atoms with Gasteiger partial charge in [-0.2, -0.15) is 0 Å². The molecule has 0 radical (unpaired) electrons. The molecule has 2 rings (SSSR count). The van der Waals surface area contributed by atoms with E-state index in [1.807, 2.05) is 25.1 Å². The van der Waals surface area contributed by atoms with Crippen LogP contribution >= 0.6 is 23.2 Å². The van der Waals surface area contributed by atoms with Crippen LogP contribution in [0.15, 0.2) is 36.4 Å². The molecule has 0 fully saturated rings. The topological polar surface area (TPSA) is 38.0 Å². The van der Waals surface area contributed by atoms with Gasteiger partial charge in [-0.3, -0.25) is 11.3 Å². The lowest BCUT2D eigenvalue weighted by Gasteiger charge is -2.20. The number of hydrogen-bond donors (Lipinski definition) is 2. The maximum Gasteiger partial charge on any atom is 0.124 e. The van der Waals surface area contributed by atoms with Crippen molar-refractivity contribution in [2.24, 2.45) is 5.84 Å². The van der Waals surface area contributed by atoms with E-state index in [1.165, 1.54) is 12.1 Å². The number of hydrogen-bond acceptors (Lipinski definition) is 2. The Morgan fingerprint density at radius 2 is 1.95 bits per heavy atom. The van der Waals surface area contributed by atoms with Gasteiger partial charge in [-0.15, -0.1) is 0 Å². The first-order valence-corrected chi connectivity index (χ1v) is 6.93. The largest absolute Gasteiger partial charge is 0.271 e. The molecule has 1 unspecified atom stereocenters. The lowest BCUT2D eigenvalue weighted by Crippen LogP contribution is -2.30. The molecule has 2 nitrogen and oxygen atoms in total. The summed E-state index contributed by atoms with van der Waals surface area (Å²) in [4.78, 5) is 0. The van der Waals surface area contributed by atoms with Crippen molar-refractivity contribution in [2.45, 2.75) is 19.4 Å². The SMILES string of the molecule is Cc1c(Cl)cccc1C(Cc1ccc(F)cc1Cl)NN. The summed E-state index contributed by atoms with van der Waals surface area (Å²) in [6.45, 7) is 1.94. The zero-order valence-corrected chi connectivity index (χ0v) is 12.5. The van der Waals surface area contributed by atoms with E-state index in [-0.39, 0.29) is 11.9 Å². The first-order chi connectivity index (χ1) is 9.52. The predicted octanol–water partition coefficient (Wildman–Crippen LogP) is 4.19. The molecule has 0 aliphatic rings. The molecule has 2 aromatic carbocycles. The van der Waals surface area contributed by atoms with E-state index in [2.05, 4.69) is 5.43 Å². The predicted molar refractivity (Wildman–Crippen MR) is 81.4 cm³/mol. The van der Waals surface area contributed by atoms with Crippen LogP contribution in [0.2, 0.25) is 10.0 Å². The number of hydrazine groups is 1. The minimum absolute atomic E-state index is 0.142. The monoisotopic (exact) mass is 312 g/mol. The van der Waals surface area contributed by atoms with E-state index < -0.39 is 0 Å². The summed E-state index contributed by atoms with van der Waals surface area (Å²) in [5.74, 6) is 5.29. The number of halogens is 3. The second kappa shape index (κ2) is 6.55. The lowest BCUT2D eigenvalue weighted by molar-refractivity contribution is 0.548. The van der Waals surface area contributed by atoms with Crippen LogP contribution in [-0.2, 0) is 6.42 Å². The van der Waals surface area contributed by atoms with Crippen molar-refractivity contribution in [1.82, 2.24) is 5.43 Å². The van der Waals surface area contributed by atoms with Gasteiger partial charge in [0.25, 0.3) is 0 Å². The molecule has 3 N–H and O–H groups in total. The Balaban J connectivity index is 2.31. The fourth-order valence-electron chi connectivity index (χ4n) is 2.17. The van der Waals surface area contributed by atoms with E-state index in [4.69, 9.17) is 29.0 Å². The molecule has 0 bridgehead atoms. The van der Waals surface area contributed by atoms with Gasteiger partial charge in [0.15, 0.2) is 0 Å². The summed E-state index contributed by atoms with van der Waals surface area (Å²) in [6.07, 6.45) is 0.552. The van der Waals surface area contributed by atoms with Crippen LogP contribution < -0.4 is 11.3 Å². The Bertz CT molecular complexity index is 617. The van der Waals surface area contributed by atoms with Gasteiger partial charge in [0.05, 0.1) is 6.04 Å². The Hall–Kier alpha value is -1.13. The van der Waals surface area contributed by atoms with Crippen molar-refractivity contribution < 1.29 is 4.39 Å². The van der Waals surface area contributed by atoms with Gasteiger partial charge in [0.1, 0.15) is 5.82 Å². The molecule has 20 heavy (non-hydrogen) atoms. The van der Waals surface area contributed by atoms with E-state index in [0.717, 1.165) is 16.7 Å². The molecule has 0 amide bonds. The maximum atomic E-state index is 13.1. The molecule has 2 aromatic rings. The Kier molecular flexibility index (Phi) is 5.00. The molecule has 0 saturated heterocycles. The fourth-order valence-corrected chi connectivity index (χ4v) is 2.59. The minimum Gasteiger partial charge on any atom is -0.271 e. The third kappa shape index (κ3) is 3.30. The van der Waals surface area contributed by atoms with Gasteiger partial charge in [-0.25, -0.2) is 4.39 Å². The van der Waals surface area contributed by atoms with Crippen LogP contribution in [0.1, 0.15) is 22.7 Å². The van der Waals surface area contributed by atoms with Crippen LogP contribution in [-0.4, -0.2) is 0 Å². The molecule has 5 heteroatoms. The summed E-state index contributed by atoms with van der Waals surface area (Å²) in [6, 6.07) is 9.89. The molecular weight excluding hydrogens is 298 g/mol. The van der Waals surface area contributed by atoms with Crippen molar-refractivity contribution in [3.8, 4) is 0 Å². The highest BCUT2D eigenvalue weighted by Gasteiger charge is 2.16. The number of benzene rings is 2. The van der Waals surface area contributed by atoms with Gasteiger partial charge in [0, 0.05) is 10.0 Å². The Morgan fingerprint density at radius 3 is 2.60 bits per heavy atom. The third-order valence-corrected chi connectivity index (χ3v) is 4.09. The van der Waals surface area contributed by atoms with Gasteiger partial charge in [-0.05, 0) is 48.2 Å². The van der Waals surface area contributed by atoms with Crippen molar-refractivity contribution in [3.63, 3.8) is 0 Å². The summed E-state index contributed by atoms with van der Waals surface area (Å²) < 4.78 is 13.1. The smallest absolute Gasteiger partial charge is 0.124 e. The van der Waals surface area contributed by atoms with Gasteiger partial charge >= 0.3 is 0 Å². The van der Waals surface area contributed by atoms with Crippen LogP contribution in [0.25, 0.3) is 0 Å². The Labute approximate surface area is 127 Å². The molecule has 0 aliphatic carbocycles. The van der Waals surface area contributed by atoms with E-state index >= 15 is 0 Å². The molecule has 0 aromatic heterocycles. The summed E-state index contributed by atoms with van der Waals surface area (Å²) in [5, 5.41) is 1.08. The van der Waals surface area contributed by atoms with E-state index in [9.17, 15) is 4.39 Å². The van der Waals surface area contributed by atoms with Crippen molar-refractivity contribution in [3.05, 3.63) is 69.0 Å². The van der Waals surface area contributed by atoms with E-state index in [0.29, 0.717) is 16.5 Å². The van der Waals surface area contributed by atoms with E-state index in [1.54, 1.807) is 6.07 Å². The first kappa shape index (κ1) is 15.3. The van der Waals surface area contributed by atoms with Crippen LogP contribution in [0.3, 0.4) is 0 Å². The molecular formula is C15H15Cl2FN2. The lowest BCUT2D eigenvalue weighted by atomic mass is 9.96. The first-order valence-electron chi connectivity index (χ1n) is 6.18. The second-order valence-electron chi connectivity index (χ2n) is 4.61. The Morgan fingerprint density at radius 1 is 1.20 bits per heavy atom. The zero-order chi connectivity index (χ0) is 14.7. The van der Waals surface area contributed by atoms with Crippen LogP contribution in [0, 0.1) is 12.7 Å². The highest BCUT2D eigenvalue weighted by molar-refractivity contribution is 6.31. The minimum atomic E-state index is -0.352. The summed E-state index contributed by atoms with van der Waals surface area (Å²) in [7, 11) is 0. The number of nitrogens with one attached hydrogen (secondary N) is 1. The number of rotatable bonds is 4. The van der Waals surface area contributed by atoms with Crippen molar-refractivity contribution in [2.75, 3.05) is 0 Å². The standard InChI is InChI=1S/C15H15Cl2FN2/c1-9-12(3-2-4-13(9)16)15(20-19)7-10-5-6-11(18)8-14(10)17/h2-6,8,15,20H,7,19H2,1H3. The van der Waals surface area contributed by atoms with Gasteiger partial charge in [-0.1, -0.05) is 41.4 Å². The van der Waals surface area contributed by atoms with Crippen molar-refractivity contribution in [1.29, 1.82) is 0 Å². The normalized spacial score (nSPS) is 12.4. The highest BCUT2D eigenvalue weighted by atomic mass is 35.5. The number of nitrogens with two attached hydrogens (primary N) is 1. The molecule has 0 aliphatic heterocycles. The van der Waals surface area contributed by atoms with Crippen LogP contribution in [0.5, 0.6) is 0 Å². The quantitative estimate of drug-likeness (QED) is 0.656. The summed E-state index contributed by atoms with van der Waals surface area (Å²) in [5.41, 5.74) is 5.56. The van der Waals surface area contributed by atoms with Gasteiger partial charge in [0.2, 0.25) is 0 Å². The molecule has 0 heterocycles.